The Bertz CT molecular complexity index is 1890. The fourth-order valence-corrected chi connectivity index (χ4v) is 6.20. The number of amidine groups is 1. The second-order valence-corrected chi connectivity index (χ2v) is 14.2. The monoisotopic (exact) mass is 858 g/mol. The number of aromatic nitrogens is 2. The number of nitrogens with zero attached hydrogens (tertiary/aromatic N) is 6. The second-order valence-electron chi connectivity index (χ2n) is 14.2. The average Bonchev–Trinajstić information content (AvgIpc) is 3.86. The van der Waals surface area contributed by atoms with E-state index in [2.05, 4.69) is 31.4 Å². The number of hydrogen-bond donors (Lipinski definition) is 9. The van der Waals surface area contributed by atoms with Crippen molar-refractivity contribution in [3.8, 4) is 0 Å². The number of aliphatic imine (C=N–C) groups is 1. The maximum atomic E-state index is 12.9. The number of amides is 3. The molecule has 0 spiro atoms. The van der Waals surface area contributed by atoms with Crippen molar-refractivity contribution in [3.63, 3.8) is 0 Å². The van der Waals surface area contributed by atoms with Crippen molar-refractivity contribution in [3.05, 3.63) is 42.2 Å². The van der Waals surface area contributed by atoms with Crippen LogP contribution in [0.25, 0.3) is 10.9 Å². The molecule has 9 N–H and O–H groups in total. The highest BCUT2D eigenvalue weighted by Gasteiger charge is 2.22. The lowest BCUT2D eigenvalue weighted by Gasteiger charge is -2.27. The molecule has 3 rings (SSSR count). The molecule has 23 heteroatoms. The molecule has 1 aliphatic rings. The first-order chi connectivity index (χ1) is 29.1. The van der Waals surface area contributed by atoms with E-state index in [0.29, 0.717) is 37.9 Å². The second kappa shape index (κ2) is 25.9. The van der Waals surface area contributed by atoms with Gasteiger partial charge in [0, 0.05) is 76.1 Å². The van der Waals surface area contributed by atoms with Gasteiger partial charge in [-0.05, 0) is 43.7 Å². The van der Waals surface area contributed by atoms with Gasteiger partial charge in [-0.15, -0.1) is 0 Å². The van der Waals surface area contributed by atoms with E-state index in [1.807, 2.05) is 17.0 Å². The number of carboxylic acid groups (broad SMARTS) is 5. The minimum atomic E-state index is -1.38. The predicted molar refractivity (Wildman–Crippen MR) is 217 cm³/mol. The number of carbonyl (C=O) groups excluding carboxylic acids is 3. The summed E-state index contributed by atoms with van der Waals surface area (Å²) in [4.78, 5) is 103. The van der Waals surface area contributed by atoms with E-state index in [0.717, 1.165) is 34.5 Å². The molecule has 23 nitrogen and oxygen atoms in total. The summed E-state index contributed by atoms with van der Waals surface area (Å²) in [6.07, 6.45) is 8.33. The normalized spacial score (nSPS) is 13.4. The van der Waals surface area contributed by atoms with E-state index in [1.54, 1.807) is 24.4 Å². The van der Waals surface area contributed by atoms with E-state index in [4.69, 9.17) is 10.2 Å². The summed E-state index contributed by atoms with van der Waals surface area (Å²) in [6, 6.07) is 3.65. The van der Waals surface area contributed by atoms with Crippen LogP contribution in [0.15, 0.2) is 41.7 Å². The summed E-state index contributed by atoms with van der Waals surface area (Å²) < 4.78 is 1.83. The van der Waals surface area contributed by atoms with Crippen LogP contribution in [-0.2, 0) is 40.1 Å². The Morgan fingerprint density at radius 1 is 0.754 bits per heavy atom. The van der Waals surface area contributed by atoms with E-state index in [-0.39, 0.29) is 52.2 Å². The van der Waals surface area contributed by atoms with Crippen LogP contribution < -0.4 is 21.3 Å². The fraction of sp³-hybridized carbons (Fsp3) is 0.526. The standard InChI is InChI=1S/C38H54N10O13/c49-31(44-28(38(60)61)20-42-37(59)26-8-9-29-27(18-26)19-43-48(29)13-5-12-40-30-6-4-11-39-30)7-2-1-3-10-41-32(50)21-46(23-34(53)54)16-14-45(22-33(51)52)15-17-47(24-35(55)56)25-36(57)58/h4,8-9,11,18-19,28H,1-3,5-7,10,12-17,20-25H2,(H,39,40)(H,41,50)(H,42,59)(H,44,49)(H,51,52)(H,53,54)(H,55,56)(H,57,58)(H,60,61). The van der Waals surface area contributed by atoms with Crippen LogP contribution in [0.3, 0.4) is 0 Å². The Morgan fingerprint density at radius 2 is 1.38 bits per heavy atom. The van der Waals surface area contributed by atoms with E-state index >= 15 is 0 Å². The maximum absolute atomic E-state index is 12.9. The Hall–Kier alpha value is -6.46. The van der Waals surface area contributed by atoms with Crippen molar-refractivity contribution in [2.24, 2.45) is 4.99 Å². The van der Waals surface area contributed by atoms with Crippen molar-refractivity contribution >= 4 is 64.3 Å². The lowest BCUT2D eigenvalue weighted by Crippen LogP contribution is -2.48. The smallest absolute Gasteiger partial charge is 0.328 e. The van der Waals surface area contributed by atoms with Crippen molar-refractivity contribution in [1.29, 1.82) is 0 Å². The van der Waals surface area contributed by atoms with Gasteiger partial charge in [-0.1, -0.05) is 12.5 Å². The number of fused-ring (bicyclic) bond motifs is 1. The minimum Gasteiger partial charge on any atom is -0.480 e. The highest BCUT2D eigenvalue weighted by molar-refractivity contribution is 5.98. The number of aryl methyl sites for hydroxylation is 1. The van der Waals surface area contributed by atoms with Gasteiger partial charge in [-0.2, -0.15) is 5.10 Å². The molecule has 3 amide bonds. The number of aliphatic carboxylic acids is 5. The number of carbonyl (C=O) groups is 8. The van der Waals surface area contributed by atoms with Crippen molar-refractivity contribution in [2.75, 3.05) is 78.5 Å². The van der Waals surface area contributed by atoms with E-state index < -0.39 is 79.8 Å². The Morgan fingerprint density at radius 3 is 1.98 bits per heavy atom. The summed E-state index contributed by atoms with van der Waals surface area (Å²) in [5, 5.41) is 62.2. The lowest BCUT2D eigenvalue weighted by molar-refractivity contribution is -0.143. The van der Waals surface area contributed by atoms with Gasteiger partial charge in [0.1, 0.15) is 11.9 Å². The molecule has 1 aromatic carbocycles. The largest absolute Gasteiger partial charge is 0.480 e. The number of unbranched alkanes of at least 4 members (excludes halogenated alkanes) is 2. The third kappa shape index (κ3) is 19.4. The van der Waals surface area contributed by atoms with Gasteiger partial charge < -0.3 is 46.8 Å². The molecule has 0 aliphatic carbocycles. The van der Waals surface area contributed by atoms with Gasteiger partial charge in [-0.3, -0.25) is 57.9 Å². The van der Waals surface area contributed by atoms with Crippen molar-refractivity contribution in [1.82, 2.24) is 45.7 Å². The fourth-order valence-electron chi connectivity index (χ4n) is 6.20. The molecule has 334 valence electrons. The molecular weight excluding hydrogens is 804 g/mol. The minimum absolute atomic E-state index is 0.0163. The number of rotatable bonds is 31. The summed E-state index contributed by atoms with van der Waals surface area (Å²) in [7, 11) is 0. The van der Waals surface area contributed by atoms with Gasteiger partial charge in [0.2, 0.25) is 11.8 Å². The molecule has 61 heavy (non-hydrogen) atoms. The SMILES string of the molecule is O=C(O)CN(CCN(CC(=O)O)CC(=O)O)CCN(CC(=O)O)CC(=O)NCCCCCC(=O)NC(CNC(=O)c1ccc2c(cnn2CCCN=C2CC=CN2)c1)C(=O)O. The molecule has 1 aliphatic heterocycles. The Balaban J connectivity index is 1.36. The zero-order chi connectivity index (χ0) is 44.7. The zero-order valence-electron chi connectivity index (χ0n) is 33.7. The average molecular weight is 859 g/mol. The molecule has 0 fully saturated rings. The quantitative estimate of drug-likeness (QED) is 0.0392. The summed E-state index contributed by atoms with van der Waals surface area (Å²) in [5.41, 5.74) is 1.13. The molecule has 2 heterocycles. The first kappa shape index (κ1) is 48.9. The summed E-state index contributed by atoms with van der Waals surface area (Å²) in [5.74, 6) is -6.95. The first-order valence-electron chi connectivity index (χ1n) is 19.6. The van der Waals surface area contributed by atoms with Gasteiger partial charge in [0.05, 0.1) is 44.4 Å². The topological polar surface area (TPSA) is 326 Å². The van der Waals surface area contributed by atoms with E-state index in [9.17, 15) is 53.7 Å². The van der Waals surface area contributed by atoms with Gasteiger partial charge >= 0.3 is 29.8 Å². The molecule has 1 unspecified atom stereocenters. The molecule has 0 bridgehead atoms. The molecule has 2 aromatic rings. The van der Waals surface area contributed by atoms with E-state index in [1.165, 1.54) is 9.80 Å². The third-order valence-electron chi connectivity index (χ3n) is 9.18. The molecule has 1 aromatic heterocycles. The van der Waals surface area contributed by atoms with Crippen LogP contribution in [0, 0.1) is 0 Å². The molecule has 0 saturated carbocycles. The number of carboxylic acids is 5. The van der Waals surface area contributed by atoms with Gasteiger partial charge in [0.15, 0.2) is 0 Å². The summed E-state index contributed by atoms with van der Waals surface area (Å²) in [6.45, 7) is -1.61. The zero-order valence-corrected chi connectivity index (χ0v) is 33.7. The Kier molecular flexibility index (Phi) is 20.8. The van der Waals surface area contributed by atoms with Crippen LogP contribution in [0.5, 0.6) is 0 Å². The number of nitrogens with one attached hydrogen (secondary N) is 4. The number of hydrogen-bond acceptors (Lipinski definition) is 13. The van der Waals surface area contributed by atoms with Crippen LogP contribution in [-0.4, -0.2) is 188 Å². The van der Waals surface area contributed by atoms with Crippen LogP contribution >= 0.6 is 0 Å². The van der Waals surface area contributed by atoms with Gasteiger partial charge in [0.25, 0.3) is 5.91 Å². The highest BCUT2D eigenvalue weighted by Crippen LogP contribution is 2.16. The predicted octanol–water partition coefficient (Wildman–Crippen LogP) is -1.45. The van der Waals surface area contributed by atoms with Crippen LogP contribution in [0.4, 0.5) is 0 Å². The highest BCUT2D eigenvalue weighted by atomic mass is 16.4. The van der Waals surface area contributed by atoms with Gasteiger partial charge in [-0.25, -0.2) is 4.79 Å². The van der Waals surface area contributed by atoms with Crippen LogP contribution in [0.1, 0.15) is 48.9 Å². The molecule has 1 atom stereocenters. The lowest BCUT2D eigenvalue weighted by atomic mass is 10.1. The number of benzene rings is 1. The Labute approximate surface area is 350 Å². The summed E-state index contributed by atoms with van der Waals surface area (Å²) >= 11 is 0. The maximum Gasteiger partial charge on any atom is 0.328 e. The van der Waals surface area contributed by atoms with Crippen LogP contribution in [0.2, 0.25) is 0 Å². The molecule has 0 radical (unpaired) electrons. The van der Waals surface area contributed by atoms with Crippen molar-refractivity contribution in [2.45, 2.75) is 51.1 Å². The molecular formula is C38H54N10O13. The molecule has 0 saturated heterocycles. The van der Waals surface area contributed by atoms with Crippen molar-refractivity contribution < 1.29 is 63.9 Å². The third-order valence-corrected chi connectivity index (χ3v) is 9.18. The first-order valence-corrected chi connectivity index (χ1v) is 19.6.